The van der Waals surface area contributed by atoms with Crippen LogP contribution in [0.3, 0.4) is 0 Å². The molecule has 0 aliphatic heterocycles. The maximum absolute atomic E-state index is 13.2. The molecule has 0 fully saturated rings. The van der Waals surface area contributed by atoms with Gasteiger partial charge in [0.05, 0.1) is 6.42 Å². The molecule has 0 bridgehead atoms. The smallest absolute Gasteiger partial charge is 0.224 e. The molecule has 1 rings (SSSR count). The number of hydrogen-bond donors (Lipinski definition) is 2. The van der Waals surface area contributed by atoms with Crippen LogP contribution in [0.1, 0.15) is 12.0 Å². The molecule has 0 heterocycles. The Hall–Kier alpha value is -1.20. The lowest BCUT2D eigenvalue weighted by atomic mass is 10.1. The van der Waals surface area contributed by atoms with Gasteiger partial charge in [0.2, 0.25) is 5.91 Å². The van der Waals surface area contributed by atoms with Gasteiger partial charge in [0, 0.05) is 12.1 Å². The van der Waals surface area contributed by atoms with Crippen molar-refractivity contribution in [1.82, 2.24) is 5.32 Å². The SMILES string of the molecule is Cl.NCCCNC(=O)Cc1cc(F)ccc1F. The average Bonchev–Trinajstić information content (AvgIpc) is 2.24. The molecular formula is C11H15ClF2N2O. The highest BCUT2D eigenvalue weighted by Gasteiger charge is 2.08. The number of carbonyl (C=O) groups is 1. The van der Waals surface area contributed by atoms with Gasteiger partial charge in [-0.2, -0.15) is 0 Å². The van der Waals surface area contributed by atoms with Crippen LogP contribution in [-0.4, -0.2) is 19.0 Å². The van der Waals surface area contributed by atoms with Crippen LogP contribution in [0.2, 0.25) is 0 Å². The van der Waals surface area contributed by atoms with Crippen LogP contribution in [0.15, 0.2) is 18.2 Å². The summed E-state index contributed by atoms with van der Waals surface area (Å²) in [7, 11) is 0. The van der Waals surface area contributed by atoms with E-state index < -0.39 is 11.6 Å². The lowest BCUT2D eigenvalue weighted by Crippen LogP contribution is -2.27. The minimum absolute atomic E-state index is 0. The standard InChI is InChI=1S/C11H14F2N2O.ClH/c12-9-2-3-10(13)8(6-9)7-11(16)15-5-1-4-14;/h2-3,6H,1,4-5,7,14H2,(H,15,16);1H. The zero-order chi connectivity index (χ0) is 12.0. The third-order valence-corrected chi connectivity index (χ3v) is 2.06. The molecule has 0 unspecified atom stereocenters. The van der Waals surface area contributed by atoms with Gasteiger partial charge in [0.1, 0.15) is 11.6 Å². The Balaban J connectivity index is 0.00000256. The molecule has 0 aromatic heterocycles. The number of carbonyl (C=O) groups excluding carboxylic acids is 1. The molecule has 1 aromatic rings. The van der Waals surface area contributed by atoms with Crippen LogP contribution in [0.5, 0.6) is 0 Å². The number of rotatable bonds is 5. The van der Waals surface area contributed by atoms with Gasteiger partial charge in [-0.05, 0) is 31.2 Å². The summed E-state index contributed by atoms with van der Waals surface area (Å²) >= 11 is 0. The fourth-order valence-electron chi connectivity index (χ4n) is 1.24. The zero-order valence-electron chi connectivity index (χ0n) is 9.21. The minimum Gasteiger partial charge on any atom is -0.356 e. The highest BCUT2D eigenvalue weighted by Crippen LogP contribution is 2.10. The summed E-state index contributed by atoms with van der Waals surface area (Å²) in [5, 5.41) is 2.57. The zero-order valence-corrected chi connectivity index (χ0v) is 10.0. The van der Waals surface area contributed by atoms with Gasteiger partial charge >= 0.3 is 0 Å². The van der Waals surface area contributed by atoms with Gasteiger partial charge in [-0.25, -0.2) is 8.78 Å². The van der Waals surface area contributed by atoms with Crippen molar-refractivity contribution in [2.75, 3.05) is 13.1 Å². The lowest BCUT2D eigenvalue weighted by Gasteiger charge is -2.05. The van der Waals surface area contributed by atoms with Crippen molar-refractivity contribution < 1.29 is 13.6 Å². The van der Waals surface area contributed by atoms with E-state index in [2.05, 4.69) is 5.32 Å². The maximum atomic E-state index is 13.2. The van der Waals surface area contributed by atoms with Crippen molar-refractivity contribution >= 4 is 18.3 Å². The van der Waals surface area contributed by atoms with Crippen LogP contribution in [0, 0.1) is 11.6 Å². The molecule has 17 heavy (non-hydrogen) atoms. The van der Waals surface area contributed by atoms with Crippen LogP contribution in [0.4, 0.5) is 8.78 Å². The summed E-state index contributed by atoms with van der Waals surface area (Å²) in [6, 6.07) is 3.06. The molecule has 0 atom stereocenters. The Morgan fingerprint density at radius 3 is 2.71 bits per heavy atom. The number of halogens is 3. The first-order valence-electron chi connectivity index (χ1n) is 5.04. The van der Waals surface area contributed by atoms with Crippen molar-refractivity contribution in [1.29, 1.82) is 0 Å². The summed E-state index contributed by atoms with van der Waals surface area (Å²) in [4.78, 5) is 11.3. The molecule has 96 valence electrons. The summed E-state index contributed by atoms with van der Waals surface area (Å²) < 4.78 is 25.9. The maximum Gasteiger partial charge on any atom is 0.224 e. The minimum atomic E-state index is -0.574. The molecule has 0 saturated carbocycles. The normalized spacial score (nSPS) is 9.59. The Morgan fingerprint density at radius 2 is 2.06 bits per heavy atom. The monoisotopic (exact) mass is 264 g/mol. The third-order valence-electron chi connectivity index (χ3n) is 2.06. The number of nitrogens with one attached hydrogen (secondary N) is 1. The Morgan fingerprint density at radius 1 is 1.35 bits per heavy atom. The first-order valence-corrected chi connectivity index (χ1v) is 5.04. The Kier molecular flexibility index (Phi) is 7.41. The van der Waals surface area contributed by atoms with E-state index in [4.69, 9.17) is 5.73 Å². The first-order chi connectivity index (χ1) is 7.63. The fourth-order valence-corrected chi connectivity index (χ4v) is 1.24. The van der Waals surface area contributed by atoms with Gasteiger partial charge in [0.25, 0.3) is 0 Å². The van der Waals surface area contributed by atoms with Crippen molar-refractivity contribution in [3.05, 3.63) is 35.4 Å². The van der Waals surface area contributed by atoms with E-state index in [-0.39, 0.29) is 30.3 Å². The van der Waals surface area contributed by atoms with Gasteiger partial charge in [-0.15, -0.1) is 12.4 Å². The van der Waals surface area contributed by atoms with E-state index in [1.54, 1.807) is 0 Å². The van der Waals surface area contributed by atoms with Crippen molar-refractivity contribution in [2.24, 2.45) is 5.73 Å². The molecule has 6 heteroatoms. The van der Waals surface area contributed by atoms with Crippen LogP contribution < -0.4 is 11.1 Å². The van der Waals surface area contributed by atoms with Gasteiger partial charge in [-0.3, -0.25) is 4.79 Å². The molecule has 0 spiro atoms. The molecular weight excluding hydrogens is 250 g/mol. The number of hydrogen-bond acceptors (Lipinski definition) is 2. The van der Waals surface area contributed by atoms with E-state index in [0.717, 1.165) is 18.2 Å². The highest BCUT2D eigenvalue weighted by atomic mass is 35.5. The fraction of sp³-hybridized carbons (Fsp3) is 0.364. The van der Waals surface area contributed by atoms with E-state index in [9.17, 15) is 13.6 Å². The lowest BCUT2D eigenvalue weighted by molar-refractivity contribution is -0.120. The predicted molar refractivity (Wildman–Crippen MR) is 64.0 cm³/mol. The second-order valence-electron chi connectivity index (χ2n) is 3.40. The van der Waals surface area contributed by atoms with E-state index in [1.165, 1.54) is 0 Å². The van der Waals surface area contributed by atoms with Crippen LogP contribution in [-0.2, 0) is 11.2 Å². The number of benzene rings is 1. The summed E-state index contributed by atoms with van der Waals surface area (Å²) in [6.45, 7) is 0.931. The van der Waals surface area contributed by atoms with Crippen molar-refractivity contribution in [3.63, 3.8) is 0 Å². The largest absolute Gasteiger partial charge is 0.356 e. The molecule has 3 nitrogen and oxygen atoms in total. The van der Waals surface area contributed by atoms with Crippen molar-refractivity contribution in [2.45, 2.75) is 12.8 Å². The van der Waals surface area contributed by atoms with Gasteiger partial charge in [0.15, 0.2) is 0 Å². The van der Waals surface area contributed by atoms with E-state index in [0.29, 0.717) is 19.5 Å². The second-order valence-corrected chi connectivity index (χ2v) is 3.40. The molecule has 1 amide bonds. The second kappa shape index (κ2) is 7.97. The molecule has 0 aliphatic rings. The number of nitrogens with two attached hydrogens (primary N) is 1. The average molecular weight is 265 g/mol. The highest BCUT2D eigenvalue weighted by molar-refractivity contribution is 5.85. The van der Waals surface area contributed by atoms with Crippen molar-refractivity contribution in [3.8, 4) is 0 Å². The van der Waals surface area contributed by atoms with E-state index in [1.807, 2.05) is 0 Å². The molecule has 0 saturated heterocycles. The molecule has 0 aliphatic carbocycles. The molecule has 1 aromatic carbocycles. The van der Waals surface area contributed by atoms with Gasteiger partial charge in [-0.1, -0.05) is 0 Å². The first kappa shape index (κ1) is 15.8. The van der Waals surface area contributed by atoms with Crippen LogP contribution >= 0.6 is 12.4 Å². The predicted octanol–water partition coefficient (Wildman–Crippen LogP) is 1.39. The Labute approximate surface area is 105 Å². The summed E-state index contributed by atoms with van der Waals surface area (Å²) in [5.74, 6) is -1.46. The number of amides is 1. The summed E-state index contributed by atoms with van der Waals surface area (Å²) in [5.41, 5.74) is 5.31. The van der Waals surface area contributed by atoms with Gasteiger partial charge < -0.3 is 11.1 Å². The third kappa shape index (κ3) is 5.60. The molecule has 3 N–H and O–H groups in total. The quantitative estimate of drug-likeness (QED) is 0.790. The summed E-state index contributed by atoms with van der Waals surface area (Å²) in [6.07, 6.45) is 0.505. The topological polar surface area (TPSA) is 55.1 Å². The van der Waals surface area contributed by atoms with Crippen LogP contribution in [0.25, 0.3) is 0 Å². The Bertz CT molecular complexity index is 374. The van der Waals surface area contributed by atoms with E-state index >= 15 is 0 Å². The molecule has 0 radical (unpaired) electrons.